The Morgan fingerprint density at radius 1 is 1.21 bits per heavy atom. The molecule has 0 saturated heterocycles. The van der Waals surface area contributed by atoms with Gasteiger partial charge in [-0.25, -0.2) is 0 Å². The maximum Gasteiger partial charge on any atom is 0.416 e. The molecule has 0 aliphatic rings. The van der Waals surface area contributed by atoms with Gasteiger partial charge in [-0.3, -0.25) is 4.99 Å². The highest BCUT2D eigenvalue weighted by atomic mass is 79.9. The summed E-state index contributed by atoms with van der Waals surface area (Å²) in [6.07, 6.45) is -2.45. The Morgan fingerprint density at radius 2 is 1.96 bits per heavy atom. The van der Waals surface area contributed by atoms with Crippen molar-refractivity contribution in [1.29, 1.82) is 0 Å². The van der Waals surface area contributed by atoms with Gasteiger partial charge in [-0.2, -0.15) is 13.2 Å². The molecule has 0 saturated carbocycles. The third-order valence-electron chi connectivity index (χ3n) is 3.08. The number of halogens is 4. The number of rotatable bonds is 5. The molecule has 3 nitrogen and oxygen atoms in total. The van der Waals surface area contributed by atoms with Gasteiger partial charge in [0.05, 0.1) is 12.2 Å². The van der Waals surface area contributed by atoms with Crippen molar-refractivity contribution in [3.8, 4) is 11.5 Å². The molecular weight excluding hydrogens is 387 g/mol. The molecular formula is C17H15BrF3NO2. The number of aromatic hydroxyl groups is 1. The molecule has 0 aliphatic carbocycles. The Labute approximate surface area is 145 Å². The van der Waals surface area contributed by atoms with Crippen molar-refractivity contribution in [1.82, 2.24) is 0 Å². The predicted molar refractivity (Wildman–Crippen MR) is 90.3 cm³/mol. The van der Waals surface area contributed by atoms with E-state index in [0.717, 1.165) is 18.6 Å². The van der Waals surface area contributed by atoms with Crippen molar-refractivity contribution < 1.29 is 23.0 Å². The highest BCUT2D eigenvalue weighted by Crippen LogP contribution is 2.36. The highest BCUT2D eigenvalue weighted by molar-refractivity contribution is 9.10. The van der Waals surface area contributed by atoms with Gasteiger partial charge in [0.15, 0.2) is 0 Å². The Morgan fingerprint density at radius 3 is 2.62 bits per heavy atom. The molecule has 2 aromatic rings. The summed E-state index contributed by atoms with van der Waals surface area (Å²) in [5, 5.41) is 9.78. The molecule has 0 unspecified atom stereocenters. The first kappa shape index (κ1) is 18.3. The summed E-state index contributed by atoms with van der Waals surface area (Å²) in [7, 11) is 0. The molecule has 0 fully saturated rings. The lowest BCUT2D eigenvalue weighted by atomic mass is 10.1. The van der Waals surface area contributed by atoms with Gasteiger partial charge in [0, 0.05) is 16.3 Å². The van der Waals surface area contributed by atoms with E-state index < -0.39 is 11.7 Å². The number of phenols is 1. The summed E-state index contributed by atoms with van der Waals surface area (Å²) in [6.45, 7) is 2.27. The molecule has 128 valence electrons. The van der Waals surface area contributed by atoms with Gasteiger partial charge in [-0.1, -0.05) is 22.9 Å². The van der Waals surface area contributed by atoms with Gasteiger partial charge in [0.25, 0.3) is 0 Å². The predicted octanol–water partition coefficient (Wildman–Crippen LogP) is 5.71. The van der Waals surface area contributed by atoms with E-state index in [1.807, 2.05) is 6.92 Å². The van der Waals surface area contributed by atoms with Gasteiger partial charge in [-0.15, -0.1) is 0 Å². The first-order valence-corrected chi connectivity index (χ1v) is 7.97. The minimum Gasteiger partial charge on any atom is -0.507 e. The topological polar surface area (TPSA) is 41.8 Å². The van der Waals surface area contributed by atoms with E-state index in [4.69, 9.17) is 4.74 Å². The van der Waals surface area contributed by atoms with Crippen LogP contribution in [0, 0.1) is 0 Å². The fourth-order valence-corrected chi connectivity index (χ4v) is 2.28. The monoisotopic (exact) mass is 401 g/mol. The second-order valence-corrected chi connectivity index (χ2v) is 5.91. The third kappa shape index (κ3) is 4.74. The van der Waals surface area contributed by atoms with Gasteiger partial charge >= 0.3 is 6.18 Å². The van der Waals surface area contributed by atoms with E-state index in [9.17, 15) is 18.3 Å². The van der Waals surface area contributed by atoms with Gasteiger partial charge in [-0.05, 0) is 42.8 Å². The van der Waals surface area contributed by atoms with Crippen LogP contribution in [0.4, 0.5) is 18.9 Å². The minimum atomic E-state index is -4.47. The summed E-state index contributed by atoms with van der Waals surface area (Å²) in [5.41, 5.74) is -0.377. The quantitative estimate of drug-likeness (QED) is 0.651. The number of phenolic OH excluding ortho intramolecular Hbond substituents is 1. The summed E-state index contributed by atoms with van der Waals surface area (Å²) in [4.78, 5) is 4.07. The second-order valence-electron chi connectivity index (χ2n) is 4.99. The van der Waals surface area contributed by atoms with Crippen LogP contribution in [-0.4, -0.2) is 17.9 Å². The van der Waals surface area contributed by atoms with Crippen LogP contribution in [0.25, 0.3) is 0 Å². The van der Waals surface area contributed by atoms with Gasteiger partial charge in [0.2, 0.25) is 0 Å². The van der Waals surface area contributed by atoms with E-state index in [2.05, 4.69) is 20.9 Å². The second kappa shape index (κ2) is 7.70. The number of nitrogens with zero attached hydrogens (tertiary/aromatic N) is 1. The average Bonchev–Trinajstić information content (AvgIpc) is 2.53. The van der Waals surface area contributed by atoms with Crippen molar-refractivity contribution in [3.63, 3.8) is 0 Å². The molecule has 0 aliphatic heterocycles. The number of aliphatic imine (C=N–C) groups is 1. The van der Waals surface area contributed by atoms with Crippen molar-refractivity contribution in [2.24, 2.45) is 4.99 Å². The normalized spacial score (nSPS) is 11.9. The van der Waals surface area contributed by atoms with Gasteiger partial charge in [0.1, 0.15) is 17.2 Å². The molecule has 0 bridgehead atoms. The lowest BCUT2D eigenvalue weighted by molar-refractivity contribution is -0.137. The van der Waals surface area contributed by atoms with E-state index in [-0.39, 0.29) is 17.2 Å². The van der Waals surface area contributed by atoms with E-state index >= 15 is 0 Å². The zero-order chi connectivity index (χ0) is 17.7. The number of benzene rings is 2. The fraction of sp³-hybridized carbons (Fsp3) is 0.235. The summed E-state index contributed by atoms with van der Waals surface area (Å²) >= 11 is 3.26. The SMILES string of the molecule is CCCOc1ccc(C(F)(F)F)cc1N=Cc1cc(Br)ccc1O. The van der Waals surface area contributed by atoms with Crippen LogP contribution in [0.5, 0.6) is 11.5 Å². The molecule has 1 N–H and O–H groups in total. The highest BCUT2D eigenvalue weighted by Gasteiger charge is 2.31. The number of ether oxygens (including phenoxy) is 1. The largest absolute Gasteiger partial charge is 0.507 e. The van der Waals surface area contributed by atoms with Crippen LogP contribution >= 0.6 is 15.9 Å². The fourth-order valence-electron chi connectivity index (χ4n) is 1.90. The van der Waals surface area contributed by atoms with Crippen LogP contribution in [-0.2, 0) is 6.18 Å². The lowest BCUT2D eigenvalue weighted by Gasteiger charge is -2.12. The molecule has 0 radical (unpaired) electrons. The van der Waals surface area contributed by atoms with Crippen molar-refractivity contribution >= 4 is 27.8 Å². The maximum absolute atomic E-state index is 12.9. The third-order valence-corrected chi connectivity index (χ3v) is 3.57. The summed E-state index contributed by atoms with van der Waals surface area (Å²) < 4.78 is 44.8. The molecule has 0 amide bonds. The zero-order valence-corrected chi connectivity index (χ0v) is 14.4. The zero-order valence-electron chi connectivity index (χ0n) is 12.8. The number of hydrogen-bond acceptors (Lipinski definition) is 3. The van der Waals surface area contributed by atoms with Crippen molar-refractivity contribution in [2.75, 3.05) is 6.61 Å². The Kier molecular flexibility index (Phi) is 5.88. The van der Waals surface area contributed by atoms with Crippen LogP contribution < -0.4 is 4.74 Å². The summed E-state index contributed by atoms with van der Waals surface area (Å²) in [5.74, 6) is 0.237. The molecule has 0 atom stereocenters. The minimum absolute atomic E-state index is 0.0232. The molecule has 0 aromatic heterocycles. The first-order valence-electron chi connectivity index (χ1n) is 7.18. The molecule has 0 heterocycles. The first-order chi connectivity index (χ1) is 11.3. The Hall–Kier alpha value is -2.02. The smallest absolute Gasteiger partial charge is 0.416 e. The van der Waals surface area contributed by atoms with Gasteiger partial charge < -0.3 is 9.84 Å². The van der Waals surface area contributed by atoms with Crippen LogP contribution in [0.15, 0.2) is 45.9 Å². The van der Waals surface area contributed by atoms with Crippen LogP contribution in [0.2, 0.25) is 0 Å². The van der Waals surface area contributed by atoms with E-state index in [0.29, 0.717) is 16.6 Å². The van der Waals surface area contributed by atoms with Crippen LogP contribution in [0.3, 0.4) is 0 Å². The lowest BCUT2D eigenvalue weighted by Crippen LogP contribution is -2.05. The van der Waals surface area contributed by atoms with Crippen molar-refractivity contribution in [2.45, 2.75) is 19.5 Å². The average molecular weight is 402 g/mol. The maximum atomic E-state index is 12.9. The molecule has 2 rings (SSSR count). The molecule has 24 heavy (non-hydrogen) atoms. The Bertz CT molecular complexity index is 745. The molecule has 2 aromatic carbocycles. The van der Waals surface area contributed by atoms with E-state index in [1.54, 1.807) is 12.1 Å². The Balaban J connectivity index is 2.41. The standard InChI is InChI=1S/C17H15BrF3NO2/c1-2-7-24-16-6-3-12(17(19,20)21)9-14(16)22-10-11-8-13(18)4-5-15(11)23/h3-6,8-10,23H,2,7H2,1H3. The van der Waals surface area contributed by atoms with E-state index in [1.165, 1.54) is 18.3 Å². The van der Waals surface area contributed by atoms with Crippen LogP contribution in [0.1, 0.15) is 24.5 Å². The molecule has 7 heteroatoms. The number of hydrogen-bond donors (Lipinski definition) is 1. The molecule has 0 spiro atoms. The van der Waals surface area contributed by atoms with Crippen molar-refractivity contribution in [3.05, 3.63) is 52.0 Å². The summed E-state index contributed by atoms with van der Waals surface area (Å²) in [6, 6.07) is 7.86. The number of alkyl halides is 3.